The van der Waals surface area contributed by atoms with Gasteiger partial charge in [0.15, 0.2) is 6.61 Å². The van der Waals surface area contributed by atoms with E-state index >= 15 is 0 Å². The molecule has 2 aromatic rings. The van der Waals surface area contributed by atoms with Gasteiger partial charge >= 0.3 is 0 Å². The average molecular weight is 397 g/mol. The fourth-order valence-corrected chi connectivity index (χ4v) is 2.74. The first-order valence-electron chi connectivity index (χ1n) is 9.39. The lowest BCUT2D eigenvalue weighted by atomic mass is 10.1. The predicted octanol–water partition coefficient (Wildman–Crippen LogP) is 2.87. The third-order valence-corrected chi connectivity index (χ3v) is 4.27. The van der Waals surface area contributed by atoms with E-state index in [-0.39, 0.29) is 25.4 Å². The molecule has 0 saturated carbocycles. The van der Waals surface area contributed by atoms with E-state index in [9.17, 15) is 14.4 Å². The van der Waals surface area contributed by atoms with Crippen LogP contribution in [0.1, 0.15) is 35.1 Å². The number of rotatable bonds is 7. The number of hydrogen-bond donors (Lipinski definition) is 3. The number of hydrazine groups is 1. The molecule has 0 spiro atoms. The van der Waals surface area contributed by atoms with Gasteiger partial charge in [0.2, 0.25) is 11.8 Å². The van der Waals surface area contributed by atoms with E-state index in [1.807, 2.05) is 58.0 Å². The van der Waals surface area contributed by atoms with E-state index < -0.39 is 11.8 Å². The SMILES string of the molecule is Cc1ccc(NC(=O)CCC(=O)NNC(=O)COc2ccc(C)cc2C)c(C)c1. The van der Waals surface area contributed by atoms with Gasteiger partial charge in [-0.15, -0.1) is 0 Å². The molecule has 0 bridgehead atoms. The molecule has 0 aliphatic carbocycles. The van der Waals surface area contributed by atoms with Gasteiger partial charge in [0.1, 0.15) is 5.75 Å². The minimum absolute atomic E-state index is 0.00802. The van der Waals surface area contributed by atoms with Gasteiger partial charge in [-0.1, -0.05) is 35.4 Å². The van der Waals surface area contributed by atoms with Crippen LogP contribution in [-0.2, 0) is 14.4 Å². The zero-order chi connectivity index (χ0) is 21.4. The second kappa shape index (κ2) is 10.3. The molecule has 29 heavy (non-hydrogen) atoms. The van der Waals surface area contributed by atoms with Crippen LogP contribution in [0, 0.1) is 27.7 Å². The van der Waals surface area contributed by atoms with Gasteiger partial charge in [-0.05, 0) is 51.0 Å². The Kier molecular flexibility index (Phi) is 7.77. The summed E-state index contributed by atoms with van der Waals surface area (Å²) in [7, 11) is 0. The highest BCUT2D eigenvalue weighted by atomic mass is 16.5. The van der Waals surface area contributed by atoms with E-state index in [1.165, 1.54) is 0 Å². The van der Waals surface area contributed by atoms with E-state index in [2.05, 4.69) is 16.2 Å². The summed E-state index contributed by atoms with van der Waals surface area (Å²) < 4.78 is 5.44. The van der Waals surface area contributed by atoms with Crippen LogP contribution in [0.3, 0.4) is 0 Å². The van der Waals surface area contributed by atoms with E-state index in [0.29, 0.717) is 5.75 Å². The highest BCUT2D eigenvalue weighted by molar-refractivity contribution is 5.94. The van der Waals surface area contributed by atoms with Crippen LogP contribution in [0.4, 0.5) is 5.69 Å². The molecule has 7 heteroatoms. The highest BCUT2D eigenvalue weighted by Crippen LogP contribution is 2.18. The molecule has 0 unspecified atom stereocenters. The molecular formula is C22H27N3O4. The molecule has 154 valence electrons. The first-order valence-corrected chi connectivity index (χ1v) is 9.39. The van der Waals surface area contributed by atoms with Gasteiger partial charge in [-0.2, -0.15) is 0 Å². The minimum atomic E-state index is -0.488. The third kappa shape index (κ3) is 7.29. The zero-order valence-corrected chi connectivity index (χ0v) is 17.2. The van der Waals surface area contributed by atoms with Crippen LogP contribution in [0.2, 0.25) is 0 Å². The number of aryl methyl sites for hydroxylation is 4. The Morgan fingerprint density at radius 2 is 1.34 bits per heavy atom. The molecule has 0 fully saturated rings. The van der Waals surface area contributed by atoms with Crippen molar-refractivity contribution in [2.75, 3.05) is 11.9 Å². The third-order valence-electron chi connectivity index (χ3n) is 4.27. The fraction of sp³-hybridized carbons (Fsp3) is 0.318. The Hall–Kier alpha value is -3.35. The number of anilines is 1. The average Bonchev–Trinajstić information content (AvgIpc) is 2.66. The predicted molar refractivity (Wildman–Crippen MR) is 111 cm³/mol. The van der Waals surface area contributed by atoms with Crippen LogP contribution >= 0.6 is 0 Å². The Morgan fingerprint density at radius 1 is 0.759 bits per heavy atom. The van der Waals surface area contributed by atoms with Crippen LogP contribution in [0.5, 0.6) is 5.75 Å². The lowest BCUT2D eigenvalue weighted by molar-refractivity contribution is -0.130. The smallest absolute Gasteiger partial charge is 0.276 e. The number of carbonyl (C=O) groups is 3. The van der Waals surface area contributed by atoms with Crippen molar-refractivity contribution < 1.29 is 19.1 Å². The lowest BCUT2D eigenvalue weighted by Crippen LogP contribution is -2.44. The molecule has 3 amide bonds. The summed E-state index contributed by atoms with van der Waals surface area (Å²) in [4.78, 5) is 35.7. The molecule has 0 aliphatic heterocycles. The van der Waals surface area contributed by atoms with E-state index in [1.54, 1.807) is 6.07 Å². The standard InChI is InChI=1S/C22H27N3O4/c1-14-5-7-18(16(3)11-14)23-20(26)9-10-21(27)24-25-22(28)13-29-19-8-6-15(2)12-17(19)4/h5-8,11-12H,9-10,13H2,1-4H3,(H,23,26)(H,24,27)(H,25,28). The van der Waals surface area contributed by atoms with Gasteiger partial charge < -0.3 is 10.1 Å². The second-order valence-corrected chi connectivity index (χ2v) is 7.02. The molecule has 3 N–H and O–H groups in total. The van der Waals surface area contributed by atoms with Gasteiger partial charge in [-0.3, -0.25) is 25.2 Å². The van der Waals surface area contributed by atoms with Gasteiger partial charge in [0.25, 0.3) is 5.91 Å². The molecule has 2 rings (SSSR count). The topological polar surface area (TPSA) is 96.5 Å². The minimum Gasteiger partial charge on any atom is -0.483 e. The molecule has 0 saturated heterocycles. The van der Waals surface area contributed by atoms with Gasteiger partial charge in [0.05, 0.1) is 0 Å². The van der Waals surface area contributed by atoms with E-state index in [0.717, 1.165) is 27.9 Å². The normalized spacial score (nSPS) is 10.2. The summed E-state index contributed by atoms with van der Waals surface area (Å²) in [5.74, 6) is -0.601. The summed E-state index contributed by atoms with van der Waals surface area (Å²) in [6.45, 7) is 7.53. The second-order valence-electron chi connectivity index (χ2n) is 7.02. The monoisotopic (exact) mass is 397 g/mol. The van der Waals surface area contributed by atoms with Crippen molar-refractivity contribution in [2.45, 2.75) is 40.5 Å². The molecule has 0 aliphatic rings. The molecule has 0 atom stereocenters. The maximum Gasteiger partial charge on any atom is 0.276 e. The molecule has 0 aromatic heterocycles. The van der Waals surface area contributed by atoms with Crippen molar-refractivity contribution in [3.63, 3.8) is 0 Å². The molecule has 0 heterocycles. The quantitative estimate of drug-likeness (QED) is 0.626. The molecule has 0 radical (unpaired) electrons. The van der Waals surface area contributed by atoms with Gasteiger partial charge in [0, 0.05) is 18.5 Å². The summed E-state index contributed by atoms with van der Waals surface area (Å²) >= 11 is 0. The zero-order valence-electron chi connectivity index (χ0n) is 17.2. The number of ether oxygens (including phenoxy) is 1. The number of carbonyl (C=O) groups excluding carboxylic acids is 3. The van der Waals surface area contributed by atoms with Crippen LogP contribution in [-0.4, -0.2) is 24.3 Å². The maximum absolute atomic E-state index is 12.0. The Balaban J connectivity index is 1.68. The summed E-state index contributed by atoms with van der Waals surface area (Å²) in [6.07, 6.45) is -0.0387. The lowest BCUT2D eigenvalue weighted by Gasteiger charge is -2.11. The van der Waals surface area contributed by atoms with Crippen LogP contribution in [0.15, 0.2) is 36.4 Å². The summed E-state index contributed by atoms with van der Waals surface area (Å²) in [6, 6.07) is 11.4. The van der Waals surface area contributed by atoms with Crippen molar-refractivity contribution in [3.05, 3.63) is 58.7 Å². The number of benzene rings is 2. The van der Waals surface area contributed by atoms with Crippen molar-refractivity contribution in [1.29, 1.82) is 0 Å². The van der Waals surface area contributed by atoms with Gasteiger partial charge in [-0.25, -0.2) is 0 Å². The summed E-state index contributed by atoms with van der Waals surface area (Å²) in [5.41, 5.74) is 9.38. The number of nitrogens with one attached hydrogen (secondary N) is 3. The first kappa shape index (κ1) is 21.9. The van der Waals surface area contributed by atoms with E-state index in [4.69, 9.17) is 4.74 Å². The van der Waals surface area contributed by atoms with Crippen molar-refractivity contribution in [1.82, 2.24) is 10.9 Å². The van der Waals surface area contributed by atoms with Crippen LogP contribution < -0.4 is 20.9 Å². The Bertz CT molecular complexity index is 909. The molecule has 2 aromatic carbocycles. The summed E-state index contributed by atoms with van der Waals surface area (Å²) in [5, 5.41) is 2.78. The number of amides is 3. The Labute approximate surface area is 170 Å². The molecular weight excluding hydrogens is 370 g/mol. The molecule has 7 nitrogen and oxygen atoms in total. The highest BCUT2D eigenvalue weighted by Gasteiger charge is 2.10. The largest absolute Gasteiger partial charge is 0.483 e. The number of hydrogen-bond acceptors (Lipinski definition) is 4. The fourth-order valence-electron chi connectivity index (χ4n) is 2.74. The Morgan fingerprint density at radius 3 is 2.00 bits per heavy atom. The van der Waals surface area contributed by atoms with Crippen molar-refractivity contribution >= 4 is 23.4 Å². The van der Waals surface area contributed by atoms with Crippen molar-refractivity contribution in [3.8, 4) is 5.75 Å². The van der Waals surface area contributed by atoms with Crippen LogP contribution in [0.25, 0.3) is 0 Å². The van der Waals surface area contributed by atoms with Crippen molar-refractivity contribution in [2.24, 2.45) is 0 Å². The maximum atomic E-state index is 12.0. The first-order chi connectivity index (χ1) is 13.7.